The highest BCUT2D eigenvalue weighted by atomic mass is 16.6. The monoisotopic (exact) mass is 344 g/mol. The Morgan fingerprint density at radius 2 is 1.64 bits per heavy atom. The van der Waals surface area contributed by atoms with E-state index in [1.165, 1.54) is 0 Å². The summed E-state index contributed by atoms with van der Waals surface area (Å²) in [5, 5.41) is 0. The molecule has 0 bridgehead atoms. The van der Waals surface area contributed by atoms with Gasteiger partial charge in [-0.1, -0.05) is 24.3 Å². The highest BCUT2D eigenvalue weighted by Gasteiger charge is 2.24. The zero-order valence-corrected chi connectivity index (χ0v) is 14.9. The smallest absolute Gasteiger partial charge is 0.347 e. The van der Waals surface area contributed by atoms with Crippen molar-refractivity contribution in [3.63, 3.8) is 0 Å². The number of hydrogen-bond donors (Lipinski definition) is 0. The Morgan fingerprint density at radius 3 is 2.24 bits per heavy atom. The van der Waals surface area contributed by atoms with Gasteiger partial charge in [-0.2, -0.15) is 0 Å². The number of benzene rings is 2. The van der Waals surface area contributed by atoms with Crippen molar-refractivity contribution in [3.8, 4) is 17.2 Å². The van der Waals surface area contributed by atoms with Crippen molar-refractivity contribution in [1.29, 1.82) is 0 Å². The summed E-state index contributed by atoms with van der Waals surface area (Å²) in [6, 6.07) is 14.8. The topological polar surface area (TPSA) is 54.0 Å². The largest absolute Gasteiger partial charge is 0.497 e. The van der Waals surface area contributed by atoms with E-state index in [1.54, 1.807) is 20.1 Å². The molecule has 0 heterocycles. The molecule has 0 radical (unpaired) electrons. The average Bonchev–Trinajstić information content (AvgIpc) is 2.63. The molecule has 25 heavy (non-hydrogen) atoms. The van der Waals surface area contributed by atoms with Crippen LogP contribution in [0.3, 0.4) is 0 Å². The minimum absolute atomic E-state index is 0.300. The van der Waals surface area contributed by atoms with Crippen molar-refractivity contribution < 1.29 is 23.7 Å². The Balaban J connectivity index is 2.19. The molecule has 0 aliphatic carbocycles. The van der Waals surface area contributed by atoms with E-state index in [9.17, 15) is 4.79 Å². The standard InChI is InChI=1S/C20H24O5/c1-4-23-17-8-6-7-9-18(17)25-19(20(21)24-5-2)14-15-10-12-16(22-3)13-11-15/h6-13,19H,4-5,14H2,1-3H3. The van der Waals surface area contributed by atoms with Crippen molar-refractivity contribution in [2.45, 2.75) is 26.4 Å². The molecule has 2 aromatic carbocycles. The van der Waals surface area contributed by atoms with Gasteiger partial charge in [0, 0.05) is 6.42 Å². The maximum Gasteiger partial charge on any atom is 0.347 e. The lowest BCUT2D eigenvalue weighted by Gasteiger charge is -2.19. The van der Waals surface area contributed by atoms with Crippen LogP contribution in [-0.4, -0.2) is 32.4 Å². The Kier molecular flexibility index (Phi) is 7.14. The number of para-hydroxylation sites is 2. The molecule has 1 unspecified atom stereocenters. The second kappa shape index (κ2) is 9.57. The molecule has 5 nitrogen and oxygen atoms in total. The minimum atomic E-state index is -0.755. The fourth-order valence-electron chi connectivity index (χ4n) is 2.36. The number of hydrogen-bond acceptors (Lipinski definition) is 5. The van der Waals surface area contributed by atoms with E-state index in [4.69, 9.17) is 18.9 Å². The molecule has 0 aliphatic heterocycles. The van der Waals surface area contributed by atoms with E-state index in [0.717, 1.165) is 11.3 Å². The fourth-order valence-corrected chi connectivity index (χ4v) is 2.36. The number of rotatable bonds is 9. The molecule has 0 aromatic heterocycles. The molecular formula is C20H24O5. The molecule has 0 spiro atoms. The van der Waals surface area contributed by atoms with Crippen LogP contribution in [0, 0.1) is 0 Å². The highest BCUT2D eigenvalue weighted by molar-refractivity contribution is 5.75. The van der Waals surface area contributed by atoms with Crippen LogP contribution >= 0.6 is 0 Å². The van der Waals surface area contributed by atoms with E-state index in [2.05, 4.69) is 0 Å². The summed E-state index contributed by atoms with van der Waals surface area (Å²) in [4.78, 5) is 12.3. The number of methoxy groups -OCH3 is 1. The van der Waals surface area contributed by atoms with Crippen LogP contribution in [0.25, 0.3) is 0 Å². The molecule has 1 atom stereocenters. The average molecular weight is 344 g/mol. The minimum Gasteiger partial charge on any atom is -0.497 e. The SMILES string of the molecule is CCOC(=O)C(Cc1ccc(OC)cc1)Oc1ccccc1OCC. The van der Waals surface area contributed by atoms with Gasteiger partial charge in [0.25, 0.3) is 0 Å². The third-order valence-electron chi connectivity index (χ3n) is 3.55. The van der Waals surface area contributed by atoms with Gasteiger partial charge in [-0.25, -0.2) is 4.79 Å². The van der Waals surface area contributed by atoms with E-state index < -0.39 is 12.1 Å². The van der Waals surface area contributed by atoms with Gasteiger partial charge in [0.1, 0.15) is 5.75 Å². The van der Waals surface area contributed by atoms with Crippen LogP contribution < -0.4 is 14.2 Å². The lowest BCUT2D eigenvalue weighted by Crippen LogP contribution is -2.31. The first kappa shape index (κ1) is 18.6. The lowest BCUT2D eigenvalue weighted by molar-refractivity contribution is -0.151. The quantitative estimate of drug-likeness (QED) is 0.650. The third-order valence-corrected chi connectivity index (χ3v) is 3.55. The van der Waals surface area contributed by atoms with E-state index in [1.807, 2.05) is 49.4 Å². The number of carbonyl (C=O) groups excluding carboxylic acids is 1. The fraction of sp³-hybridized carbons (Fsp3) is 0.350. The van der Waals surface area contributed by atoms with E-state index in [0.29, 0.717) is 31.1 Å². The maximum atomic E-state index is 12.3. The van der Waals surface area contributed by atoms with Gasteiger partial charge < -0.3 is 18.9 Å². The summed E-state index contributed by atoms with van der Waals surface area (Å²) in [7, 11) is 1.62. The first-order valence-corrected chi connectivity index (χ1v) is 8.36. The van der Waals surface area contributed by atoms with Gasteiger partial charge in [-0.15, -0.1) is 0 Å². The first-order chi connectivity index (χ1) is 12.2. The number of esters is 1. The van der Waals surface area contributed by atoms with Gasteiger partial charge in [0.15, 0.2) is 17.6 Å². The van der Waals surface area contributed by atoms with Crippen LogP contribution in [0.15, 0.2) is 48.5 Å². The van der Waals surface area contributed by atoms with Gasteiger partial charge in [-0.3, -0.25) is 0 Å². The van der Waals surface area contributed by atoms with Crippen LogP contribution in [0.2, 0.25) is 0 Å². The Morgan fingerprint density at radius 1 is 0.960 bits per heavy atom. The summed E-state index contributed by atoms with van der Waals surface area (Å²) in [5.41, 5.74) is 0.952. The molecule has 0 amide bonds. The normalized spacial score (nSPS) is 11.5. The van der Waals surface area contributed by atoms with Crippen LogP contribution in [0.1, 0.15) is 19.4 Å². The number of ether oxygens (including phenoxy) is 4. The van der Waals surface area contributed by atoms with E-state index in [-0.39, 0.29) is 0 Å². The van der Waals surface area contributed by atoms with Crippen molar-refractivity contribution in [3.05, 3.63) is 54.1 Å². The Bertz CT molecular complexity index is 666. The molecule has 0 saturated heterocycles. The third kappa shape index (κ3) is 5.41. The Hall–Kier alpha value is -2.69. The zero-order chi connectivity index (χ0) is 18.1. The van der Waals surface area contributed by atoms with Gasteiger partial charge in [0.05, 0.1) is 20.3 Å². The summed E-state index contributed by atoms with van der Waals surface area (Å²) >= 11 is 0. The van der Waals surface area contributed by atoms with Crippen LogP contribution in [-0.2, 0) is 16.0 Å². The molecule has 5 heteroatoms. The molecule has 2 rings (SSSR count). The van der Waals surface area contributed by atoms with Gasteiger partial charge >= 0.3 is 5.97 Å². The van der Waals surface area contributed by atoms with Crippen LogP contribution in [0.5, 0.6) is 17.2 Å². The summed E-state index contributed by atoms with van der Waals surface area (Å²) in [5.74, 6) is 1.49. The number of carbonyl (C=O) groups is 1. The summed E-state index contributed by atoms with van der Waals surface area (Å²) in [6.07, 6.45) is -0.363. The second-order valence-corrected chi connectivity index (χ2v) is 5.29. The van der Waals surface area contributed by atoms with Gasteiger partial charge in [0.2, 0.25) is 0 Å². The molecule has 134 valence electrons. The molecule has 2 aromatic rings. The molecule has 0 fully saturated rings. The predicted octanol–water partition coefficient (Wildman–Crippen LogP) is 3.65. The first-order valence-electron chi connectivity index (χ1n) is 8.36. The van der Waals surface area contributed by atoms with Crippen molar-refractivity contribution in [1.82, 2.24) is 0 Å². The molecule has 0 saturated carbocycles. The van der Waals surface area contributed by atoms with Crippen molar-refractivity contribution >= 4 is 5.97 Å². The second-order valence-electron chi connectivity index (χ2n) is 5.29. The predicted molar refractivity (Wildman–Crippen MR) is 95.4 cm³/mol. The van der Waals surface area contributed by atoms with Crippen molar-refractivity contribution in [2.75, 3.05) is 20.3 Å². The van der Waals surface area contributed by atoms with Crippen LogP contribution in [0.4, 0.5) is 0 Å². The molecular weight excluding hydrogens is 320 g/mol. The van der Waals surface area contributed by atoms with E-state index >= 15 is 0 Å². The Labute approximate surface area is 148 Å². The summed E-state index contributed by atoms with van der Waals surface area (Å²) < 4.78 is 21.8. The zero-order valence-electron chi connectivity index (χ0n) is 14.9. The maximum absolute atomic E-state index is 12.3. The molecule has 0 N–H and O–H groups in total. The van der Waals surface area contributed by atoms with Gasteiger partial charge in [-0.05, 0) is 43.7 Å². The molecule has 0 aliphatic rings. The van der Waals surface area contributed by atoms with Crippen molar-refractivity contribution in [2.24, 2.45) is 0 Å². The highest BCUT2D eigenvalue weighted by Crippen LogP contribution is 2.28. The lowest BCUT2D eigenvalue weighted by atomic mass is 10.1. The summed E-state index contributed by atoms with van der Waals surface area (Å²) in [6.45, 7) is 4.49.